The van der Waals surface area contributed by atoms with Crippen LogP contribution in [0.4, 0.5) is 0 Å². The van der Waals surface area contributed by atoms with Gasteiger partial charge in [0.1, 0.15) is 0 Å². The molecule has 36 heavy (non-hydrogen) atoms. The number of piperazine rings is 1. The third-order valence-electron chi connectivity index (χ3n) is 7.40. The van der Waals surface area contributed by atoms with Gasteiger partial charge >= 0.3 is 0 Å². The molecule has 1 aromatic rings. The van der Waals surface area contributed by atoms with Gasteiger partial charge in [-0.15, -0.1) is 0 Å². The van der Waals surface area contributed by atoms with Gasteiger partial charge in [0.2, 0.25) is 17.7 Å². The van der Waals surface area contributed by atoms with Crippen LogP contribution in [-0.2, 0) is 16.1 Å². The maximum Gasteiger partial charge on any atom is 0.223 e. The molecule has 5 rings (SSSR count). The Morgan fingerprint density at radius 1 is 1.14 bits per heavy atom. The first-order valence-corrected chi connectivity index (χ1v) is 12.8. The second-order valence-corrected chi connectivity index (χ2v) is 9.73. The Morgan fingerprint density at radius 3 is 2.81 bits per heavy atom. The first kappa shape index (κ1) is 24.6. The molecule has 1 amide bonds. The first-order valence-electron chi connectivity index (χ1n) is 12.8. The van der Waals surface area contributed by atoms with Gasteiger partial charge in [0, 0.05) is 75.3 Å². The molecule has 0 spiro atoms. The summed E-state index contributed by atoms with van der Waals surface area (Å²) in [4.78, 5) is 27.1. The van der Waals surface area contributed by atoms with Crippen molar-refractivity contribution in [3.05, 3.63) is 41.7 Å². The molecule has 10 heteroatoms. The zero-order valence-corrected chi connectivity index (χ0v) is 21.2. The molecule has 2 fully saturated rings. The minimum absolute atomic E-state index is 0.0617. The lowest BCUT2D eigenvalue weighted by atomic mass is 9.91. The van der Waals surface area contributed by atoms with Crippen LogP contribution in [0.2, 0.25) is 0 Å². The quantitative estimate of drug-likeness (QED) is 0.540. The minimum Gasteiger partial charge on any atom is -0.481 e. The third kappa shape index (κ3) is 5.65. The standard InChI is InChI=1S/C26H36N6O4/c1-34-24-6-5-21(26(28-24)35-2)16-20-4-3-9-29(18-20)10-8-25(33)30-12-14-31(15-13-30)32-11-7-23-22(19-32)17-27-36-23/h5-7,11,17,19-20,23H,3-4,8-10,12-16,18H2,1-2H3. The van der Waals surface area contributed by atoms with Gasteiger partial charge in [0.25, 0.3) is 0 Å². The SMILES string of the molecule is COc1ccc(CC2CCCN(CCC(=O)N3CCN(N4C=CC5ON=CC5=C4)CC3)C2)c(OC)n1. The van der Waals surface area contributed by atoms with Crippen LogP contribution in [0.5, 0.6) is 11.8 Å². The van der Waals surface area contributed by atoms with Crippen molar-refractivity contribution in [1.29, 1.82) is 0 Å². The van der Waals surface area contributed by atoms with Gasteiger partial charge in [-0.25, -0.2) is 5.01 Å². The van der Waals surface area contributed by atoms with Crippen molar-refractivity contribution < 1.29 is 19.1 Å². The number of carbonyl (C=O) groups excluding carboxylic acids is 1. The van der Waals surface area contributed by atoms with E-state index in [2.05, 4.69) is 37.3 Å². The molecule has 0 radical (unpaired) electrons. The van der Waals surface area contributed by atoms with Gasteiger partial charge < -0.3 is 24.1 Å². The van der Waals surface area contributed by atoms with Crippen LogP contribution < -0.4 is 9.47 Å². The lowest BCUT2D eigenvalue weighted by molar-refractivity contribution is -0.135. The largest absolute Gasteiger partial charge is 0.481 e. The van der Waals surface area contributed by atoms with Gasteiger partial charge in [-0.3, -0.25) is 9.80 Å². The second kappa shape index (κ2) is 11.3. The summed E-state index contributed by atoms with van der Waals surface area (Å²) < 4.78 is 10.7. The molecular weight excluding hydrogens is 460 g/mol. The molecule has 5 heterocycles. The average molecular weight is 497 g/mol. The van der Waals surface area contributed by atoms with Crippen LogP contribution >= 0.6 is 0 Å². The van der Waals surface area contributed by atoms with E-state index in [1.165, 1.54) is 6.42 Å². The minimum atomic E-state index is -0.0617. The zero-order chi connectivity index (χ0) is 24.9. The summed E-state index contributed by atoms with van der Waals surface area (Å²) in [5.41, 5.74) is 2.17. The number of hydrogen-bond acceptors (Lipinski definition) is 9. The topological polar surface area (TPSA) is 83.0 Å². The number of amides is 1. The predicted molar refractivity (Wildman–Crippen MR) is 135 cm³/mol. The molecule has 0 aliphatic carbocycles. The molecule has 2 saturated heterocycles. The van der Waals surface area contributed by atoms with Crippen molar-refractivity contribution in [3.63, 3.8) is 0 Å². The number of oxime groups is 1. The number of hydrogen-bond donors (Lipinski definition) is 0. The fourth-order valence-electron chi connectivity index (χ4n) is 5.40. The van der Waals surface area contributed by atoms with Crippen molar-refractivity contribution in [2.24, 2.45) is 11.1 Å². The Labute approximate surface area is 212 Å². The lowest BCUT2D eigenvalue weighted by Crippen LogP contribution is -2.53. The van der Waals surface area contributed by atoms with Gasteiger partial charge in [0.05, 0.1) is 20.4 Å². The number of aromatic nitrogens is 1. The second-order valence-electron chi connectivity index (χ2n) is 9.73. The molecule has 4 aliphatic heterocycles. The van der Waals surface area contributed by atoms with Crippen molar-refractivity contribution in [2.45, 2.75) is 31.8 Å². The van der Waals surface area contributed by atoms with Gasteiger partial charge in [-0.05, 0) is 43.9 Å². The van der Waals surface area contributed by atoms with Crippen molar-refractivity contribution in [1.82, 2.24) is 24.8 Å². The summed E-state index contributed by atoms with van der Waals surface area (Å²) in [5, 5.41) is 8.23. The van der Waals surface area contributed by atoms with E-state index in [0.29, 0.717) is 24.1 Å². The number of likely N-dealkylation sites (tertiary alicyclic amines) is 1. The predicted octanol–water partition coefficient (Wildman–Crippen LogP) is 1.90. The molecule has 0 bridgehead atoms. The lowest BCUT2D eigenvalue weighted by Gasteiger charge is -2.40. The maximum absolute atomic E-state index is 13.0. The molecule has 0 N–H and O–H groups in total. The number of ether oxygens (including phenoxy) is 2. The molecule has 10 nitrogen and oxygen atoms in total. The number of methoxy groups -OCH3 is 2. The molecule has 2 unspecified atom stereocenters. The highest BCUT2D eigenvalue weighted by molar-refractivity contribution is 5.82. The third-order valence-corrected chi connectivity index (χ3v) is 7.40. The molecule has 2 atom stereocenters. The average Bonchev–Trinajstić information content (AvgIpc) is 3.40. The van der Waals surface area contributed by atoms with Gasteiger partial charge in [-0.1, -0.05) is 5.16 Å². The Kier molecular flexibility index (Phi) is 7.72. The number of carbonyl (C=O) groups is 1. The van der Waals surface area contributed by atoms with E-state index in [0.717, 1.165) is 69.8 Å². The molecule has 4 aliphatic rings. The van der Waals surface area contributed by atoms with E-state index in [-0.39, 0.29) is 12.0 Å². The van der Waals surface area contributed by atoms with Crippen LogP contribution in [0, 0.1) is 5.92 Å². The summed E-state index contributed by atoms with van der Waals surface area (Å²) in [6.07, 6.45) is 11.6. The fourth-order valence-corrected chi connectivity index (χ4v) is 5.40. The molecular formula is C26H36N6O4. The smallest absolute Gasteiger partial charge is 0.223 e. The van der Waals surface area contributed by atoms with Crippen LogP contribution in [0.1, 0.15) is 24.8 Å². The number of piperidine rings is 1. The summed E-state index contributed by atoms with van der Waals surface area (Å²) in [6, 6.07) is 3.94. The number of hydrazine groups is 1. The van der Waals surface area contributed by atoms with Crippen molar-refractivity contribution in [2.75, 3.05) is 60.0 Å². The number of rotatable bonds is 8. The molecule has 0 aromatic carbocycles. The summed E-state index contributed by atoms with van der Waals surface area (Å²) in [6.45, 7) is 5.98. The zero-order valence-electron chi connectivity index (χ0n) is 21.2. The van der Waals surface area contributed by atoms with Gasteiger partial charge in [-0.2, -0.15) is 4.98 Å². The van der Waals surface area contributed by atoms with Crippen LogP contribution in [0.25, 0.3) is 0 Å². The first-order chi connectivity index (χ1) is 17.6. The highest BCUT2D eigenvalue weighted by Crippen LogP contribution is 2.27. The van der Waals surface area contributed by atoms with Crippen molar-refractivity contribution >= 4 is 12.1 Å². The molecule has 194 valence electrons. The fraction of sp³-hybridized carbons (Fsp3) is 0.577. The maximum atomic E-state index is 13.0. The van der Waals surface area contributed by atoms with Crippen LogP contribution in [0.3, 0.4) is 0 Å². The van der Waals surface area contributed by atoms with E-state index in [1.807, 2.05) is 23.2 Å². The van der Waals surface area contributed by atoms with E-state index in [9.17, 15) is 4.79 Å². The highest BCUT2D eigenvalue weighted by Gasteiger charge is 2.28. The monoisotopic (exact) mass is 496 g/mol. The van der Waals surface area contributed by atoms with Crippen molar-refractivity contribution in [3.8, 4) is 11.8 Å². The highest BCUT2D eigenvalue weighted by atomic mass is 16.6. The number of fused-ring (bicyclic) bond motifs is 1. The van der Waals surface area contributed by atoms with Crippen LogP contribution in [0.15, 0.2) is 41.3 Å². The van der Waals surface area contributed by atoms with Crippen LogP contribution in [-0.4, -0.2) is 103 Å². The van der Waals surface area contributed by atoms with E-state index in [1.54, 1.807) is 20.4 Å². The Balaban J connectivity index is 1.06. The Hall–Kier alpha value is -3.11. The molecule has 1 aromatic heterocycles. The van der Waals surface area contributed by atoms with E-state index >= 15 is 0 Å². The number of pyridine rings is 1. The molecule has 0 saturated carbocycles. The van der Waals surface area contributed by atoms with E-state index in [4.69, 9.17) is 14.3 Å². The summed E-state index contributed by atoms with van der Waals surface area (Å²) in [7, 11) is 3.26. The summed E-state index contributed by atoms with van der Waals surface area (Å²) in [5.74, 6) is 1.99. The summed E-state index contributed by atoms with van der Waals surface area (Å²) >= 11 is 0. The number of nitrogens with zero attached hydrogens (tertiary/aromatic N) is 6. The van der Waals surface area contributed by atoms with E-state index < -0.39 is 0 Å². The Bertz CT molecular complexity index is 1020. The normalized spacial score (nSPS) is 24.3. The Morgan fingerprint density at radius 2 is 2.00 bits per heavy atom. The van der Waals surface area contributed by atoms with Gasteiger partial charge in [0.15, 0.2) is 6.10 Å².